The molecule has 2 rings (SSSR count). The van der Waals surface area contributed by atoms with Crippen LogP contribution in [0.4, 0.5) is 4.39 Å². The van der Waals surface area contributed by atoms with Crippen LogP contribution in [0.3, 0.4) is 0 Å². The lowest BCUT2D eigenvalue weighted by Crippen LogP contribution is -2.45. The fourth-order valence-electron chi connectivity index (χ4n) is 2.67. The Hall–Kier alpha value is -1.44. The van der Waals surface area contributed by atoms with E-state index in [1.54, 1.807) is 6.07 Å². The Kier molecular flexibility index (Phi) is 3.95. The van der Waals surface area contributed by atoms with Crippen molar-refractivity contribution < 1.29 is 4.39 Å². The molecule has 2 atom stereocenters. The predicted molar refractivity (Wildman–Crippen MR) is 68.1 cm³/mol. The molecular weight excluding hydrogens is 229 g/mol. The molecule has 2 N–H and O–H groups in total. The SMILES string of the molecule is CC1CC(N)CN(Cc2ccc(F)cc2C#N)C1. The Balaban J connectivity index is 2.12. The second-order valence-corrected chi connectivity index (χ2v) is 5.21. The van der Waals surface area contributed by atoms with Crippen molar-refractivity contribution >= 4 is 0 Å². The molecule has 0 saturated carbocycles. The highest BCUT2D eigenvalue weighted by Crippen LogP contribution is 2.19. The van der Waals surface area contributed by atoms with E-state index in [0.29, 0.717) is 18.0 Å². The Morgan fingerprint density at radius 3 is 2.94 bits per heavy atom. The van der Waals surface area contributed by atoms with Crippen molar-refractivity contribution in [3.05, 3.63) is 35.1 Å². The van der Waals surface area contributed by atoms with E-state index < -0.39 is 0 Å². The van der Waals surface area contributed by atoms with Gasteiger partial charge in [-0.1, -0.05) is 13.0 Å². The number of benzene rings is 1. The molecule has 18 heavy (non-hydrogen) atoms. The summed E-state index contributed by atoms with van der Waals surface area (Å²) in [6, 6.07) is 6.64. The van der Waals surface area contributed by atoms with Crippen LogP contribution in [-0.4, -0.2) is 24.0 Å². The molecule has 0 amide bonds. The summed E-state index contributed by atoms with van der Waals surface area (Å²) < 4.78 is 13.1. The maximum Gasteiger partial charge on any atom is 0.124 e. The normalized spacial score (nSPS) is 24.8. The highest BCUT2D eigenvalue weighted by Gasteiger charge is 2.22. The zero-order valence-electron chi connectivity index (χ0n) is 10.6. The number of piperidine rings is 1. The summed E-state index contributed by atoms with van der Waals surface area (Å²) in [4.78, 5) is 2.24. The Bertz CT molecular complexity index is 457. The summed E-state index contributed by atoms with van der Waals surface area (Å²) in [7, 11) is 0. The zero-order chi connectivity index (χ0) is 13.1. The van der Waals surface area contributed by atoms with Gasteiger partial charge in [-0.2, -0.15) is 5.26 Å². The highest BCUT2D eigenvalue weighted by atomic mass is 19.1. The molecule has 1 aromatic rings. The van der Waals surface area contributed by atoms with Gasteiger partial charge in [-0.25, -0.2) is 4.39 Å². The van der Waals surface area contributed by atoms with Gasteiger partial charge in [0, 0.05) is 25.7 Å². The van der Waals surface area contributed by atoms with Crippen LogP contribution in [0.25, 0.3) is 0 Å². The van der Waals surface area contributed by atoms with Crippen molar-refractivity contribution in [2.24, 2.45) is 11.7 Å². The fraction of sp³-hybridized carbons (Fsp3) is 0.500. The van der Waals surface area contributed by atoms with Crippen molar-refractivity contribution in [3.63, 3.8) is 0 Å². The summed E-state index contributed by atoms with van der Waals surface area (Å²) in [5.74, 6) is 0.207. The molecule has 3 nitrogen and oxygen atoms in total. The highest BCUT2D eigenvalue weighted by molar-refractivity contribution is 5.37. The molecule has 0 aromatic heterocycles. The van der Waals surface area contributed by atoms with E-state index in [0.717, 1.165) is 25.1 Å². The average molecular weight is 247 g/mol. The summed E-state index contributed by atoms with van der Waals surface area (Å²) in [6.45, 7) is 4.67. The van der Waals surface area contributed by atoms with E-state index in [1.807, 2.05) is 0 Å². The number of hydrogen-bond acceptors (Lipinski definition) is 3. The lowest BCUT2D eigenvalue weighted by molar-refractivity contribution is 0.158. The van der Waals surface area contributed by atoms with E-state index in [2.05, 4.69) is 17.9 Å². The van der Waals surface area contributed by atoms with Gasteiger partial charge >= 0.3 is 0 Å². The molecular formula is C14H18FN3. The summed E-state index contributed by atoms with van der Waals surface area (Å²) >= 11 is 0. The van der Waals surface area contributed by atoms with Crippen molar-refractivity contribution in [1.29, 1.82) is 5.26 Å². The van der Waals surface area contributed by atoms with Crippen LogP contribution in [0.2, 0.25) is 0 Å². The topological polar surface area (TPSA) is 53.0 Å². The van der Waals surface area contributed by atoms with Gasteiger partial charge in [0.1, 0.15) is 5.82 Å². The maximum absolute atomic E-state index is 13.1. The second-order valence-electron chi connectivity index (χ2n) is 5.21. The van der Waals surface area contributed by atoms with E-state index in [4.69, 9.17) is 11.0 Å². The monoisotopic (exact) mass is 247 g/mol. The molecule has 0 radical (unpaired) electrons. The van der Waals surface area contributed by atoms with Crippen LogP contribution in [0.15, 0.2) is 18.2 Å². The third kappa shape index (κ3) is 3.06. The molecule has 0 spiro atoms. The van der Waals surface area contributed by atoms with Gasteiger partial charge in [0.15, 0.2) is 0 Å². The van der Waals surface area contributed by atoms with Gasteiger partial charge in [0.25, 0.3) is 0 Å². The standard InChI is InChI=1S/C14H18FN3/c1-10-4-14(17)9-18(7-10)8-11-2-3-13(15)5-12(11)6-16/h2-3,5,10,14H,4,7-9,17H2,1H3. The van der Waals surface area contributed by atoms with Crippen LogP contribution in [0.5, 0.6) is 0 Å². The molecule has 1 aliphatic rings. The van der Waals surface area contributed by atoms with E-state index in [9.17, 15) is 4.39 Å². The number of halogens is 1. The predicted octanol–water partition coefficient (Wildman–Crippen LogP) is 1.87. The van der Waals surface area contributed by atoms with E-state index in [-0.39, 0.29) is 11.9 Å². The van der Waals surface area contributed by atoms with Gasteiger partial charge in [0.2, 0.25) is 0 Å². The summed E-state index contributed by atoms with van der Waals surface area (Å²) in [5.41, 5.74) is 7.29. The minimum absolute atomic E-state index is 0.194. The van der Waals surface area contributed by atoms with Crippen molar-refractivity contribution in [3.8, 4) is 6.07 Å². The first-order valence-corrected chi connectivity index (χ1v) is 6.25. The first kappa shape index (κ1) is 13.0. The largest absolute Gasteiger partial charge is 0.327 e. The average Bonchev–Trinajstić information content (AvgIpc) is 2.30. The van der Waals surface area contributed by atoms with Crippen molar-refractivity contribution in [2.45, 2.75) is 25.9 Å². The lowest BCUT2D eigenvalue weighted by atomic mass is 9.96. The van der Waals surface area contributed by atoms with Crippen LogP contribution >= 0.6 is 0 Å². The van der Waals surface area contributed by atoms with Gasteiger partial charge < -0.3 is 5.73 Å². The van der Waals surface area contributed by atoms with Crippen LogP contribution in [-0.2, 0) is 6.54 Å². The molecule has 2 unspecified atom stereocenters. The van der Waals surface area contributed by atoms with Gasteiger partial charge in [0.05, 0.1) is 11.6 Å². The van der Waals surface area contributed by atoms with Gasteiger partial charge in [-0.05, 0) is 30.0 Å². The Morgan fingerprint density at radius 2 is 2.28 bits per heavy atom. The number of nitriles is 1. The van der Waals surface area contributed by atoms with Gasteiger partial charge in [-0.15, -0.1) is 0 Å². The third-order valence-corrected chi connectivity index (χ3v) is 3.35. The molecule has 0 bridgehead atoms. The van der Waals surface area contributed by atoms with Crippen LogP contribution in [0, 0.1) is 23.1 Å². The second kappa shape index (κ2) is 5.47. The third-order valence-electron chi connectivity index (χ3n) is 3.35. The number of nitrogens with two attached hydrogens (primary N) is 1. The molecule has 4 heteroatoms. The lowest BCUT2D eigenvalue weighted by Gasteiger charge is -2.34. The maximum atomic E-state index is 13.1. The number of likely N-dealkylation sites (tertiary alicyclic amines) is 1. The van der Waals surface area contributed by atoms with Crippen molar-refractivity contribution in [2.75, 3.05) is 13.1 Å². The molecule has 0 aliphatic carbocycles. The number of rotatable bonds is 2. The summed E-state index contributed by atoms with van der Waals surface area (Å²) in [6.07, 6.45) is 1.05. The minimum atomic E-state index is -0.362. The molecule has 1 fully saturated rings. The van der Waals surface area contributed by atoms with Gasteiger partial charge in [-0.3, -0.25) is 4.90 Å². The first-order chi connectivity index (χ1) is 8.58. The zero-order valence-corrected chi connectivity index (χ0v) is 10.6. The first-order valence-electron chi connectivity index (χ1n) is 6.25. The Morgan fingerprint density at radius 1 is 1.50 bits per heavy atom. The van der Waals surface area contributed by atoms with Crippen LogP contribution < -0.4 is 5.73 Å². The molecule has 1 saturated heterocycles. The minimum Gasteiger partial charge on any atom is -0.327 e. The fourth-order valence-corrected chi connectivity index (χ4v) is 2.67. The van der Waals surface area contributed by atoms with Crippen molar-refractivity contribution in [1.82, 2.24) is 4.90 Å². The molecule has 96 valence electrons. The molecule has 1 aliphatic heterocycles. The Labute approximate surface area is 107 Å². The quantitative estimate of drug-likeness (QED) is 0.868. The summed E-state index contributed by atoms with van der Waals surface area (Å²) in [5, 5.41) is 9.02. The van der Waals surface area contributed by atoms with E-state index >= 15 is 0 Å². The number of nitrogens with zero attached hydrogens (tertiary/aromatic N) is 2. The number of hydrogen-bond donors (Lipinski definition) is 1. The van der Waals surface area contributed by atoms with E-state index in [1.165, 1.54) is 12.1 Å². The molecule has 1 aromatic carbocycles. The smallest absolute Gasteiger partial charge is 0.124 e. The van der Waals surface area contributed by atoms with Crippen LogP contribution in [0.1, 0.15) is 24.5 Å². The molecule has 1 heterocycles.